The summed E-state index contributed by atoms with van der Waals surface area (Å²) in [4.78, 5) is 7.16. The van der Waals surface area contributed by atoms with Crippen LogP contribution in [-0.4, -0.2) is 39.8 Å². The van der Waals surface area contributed by atoms with Crippen molar-refractivity contribution in [2.45, 2.75) is 50.6 Å². The molecule has 2 aliphatic rings. The Morgan fingerprint density at radius 1 is 1.18 bits per heavy atom. The van der Waals surface area contributed by atoms with E-state index in [1.165, 1.54) is 19.3 Å². The molecule has 0 unspecified atom stereocenters. The van der Waals surface area contributed by atoms with Crippen LogP contribution in [0.15, 0.2) is 18.3 Å². The Morgan fingerprint density at radius 2 is 2.05 bits per heavy atom. The van der Waals surface area contributed by atoms with E-state index >= 15 is 0 Å². The van der Waals surface area contributed by atoms with Crippen LogP contribution in [0.25, 0.3) is 5.65 Å². The molecule has 0 spiro atoms. The van der Waals surface area contributed by atoms with Crippen molar-refractivity contribution in [2.75, 3.05) is 23.3 Å². The summed E-state index contributed by atoms with van der Waals surface area (Å²) >= 11 is 0. The van der Waals surface area contributed by atoms with Crippen molar-refractivity contribution in [3.8, 4) is 0 Å². The minimum absolute atomic E-state index is 0.328. The summed E-state index contributed by atoms with van der Waals surface area (Å²) in [5.41, 5.74) is 6.95. The molecule has 0 aromatic carbocycles. The maximum atomic E-state index is 6.04. The van der Waals surface area contributed by atoms with E-state index in [4.69, 9.17) is 10.7 Å². The third kappa shape index (κ3) is 2.63. The molecule has 6 nitrogen and oxygen atoms in total. The number of nitrogens with zero attached hydrogens (tertiary/aromatic N) is 4. The summed E-state index contributed by atoms with van der Waals surface area (Å²) in [7, 11) is 0. The molecule has 22 heavy (non-hydrogen) atoms. The van der Waals surface area contributed by atoms with E-state index in [0.29, 0.717) is 12.1 Å². The third-order valence-electron chi connectivity index (χ3n) is 4.85. The maximum absolute atomic E-state index is 6.04. The van der Waals surface area contributed by atoms with E-state index in [9.17, 15) is 0 Å². The van der Waals surface area contributed by atoms with Gasteiger partial charge in [-0.3, -0.25) is 0 Å². The molecular formula is C16H24N6. The first-order valence-electron chi connectivity index (χ1n) is 8.41. The van der Waals surface area contributed by atoms with Crippen molar-refractivity contribution in [3.63, 3.8) is 0 Å². The zero-order valence-electron chi connectivity index (χ0n) is 12.9. The second kappa shape index (κ2) is 5.76. The quantitative estimate of drug-likeness (QED) is 0.907. The van der Waals surface area contributed by atoms with Gasteiger partial charge in [0.05, 0.1) is 6.20 Å². The predicted octanol–water partition coefficient (Wildman–Crippen LogP) is 2.01. The molecule has 0 radical (unpaired) electrons. The van der Waals surface area contributed by atoms with Gasteiger partial charge in [0, 0.05) is 37.3 Å². The van der Waals surface area contributed by atoms with E-state index in [0.717, 1.165) is 49.6 Å². The lowest BCUT2D eigenvalue weighted by atomic mass is 10.1. The summed E-state index contributed by atoms with van der Waals surface area (Å²) in [6.07, 6.45) is 8.92. The Hall–Kier alpha value is -1.82. The molecular weight excluding hydrogens is 276 g/mol. The van der Waals surface area contributed by atoms with Crippen molar-refractivity contribution >= 4 is 17.3 Å². The van der Waals surface area contributed by atoms with Crippen molar-refractivity contribution in [3.05, 3.63) is 18.3 Å². The van der Waals surface area contributed by atoms with Crippen LogP contribution in [0.3, 0.4) is 0 Å². The fourth-order valence-corrected chi connectivity index (χ4v) is 3.64. The summed E-state index contributed by atoms with van der Waals surface area (Å²) in [6, 6.07) is 4.89. The van der Waals surface area contributed by atoms with Gasteiger partial charge in [-0.15, -0.1) is 0 Å². The Bertz CT molecular complexity index is 645. The minimum atomic E-state index is 0.328. The molecule has 1 aliphatic carbocycles. The highest BCUT2D eigenvalue weighted by atomic mass is 15.3. The summed E-state index contributed by atoms with van der Waals surface area (Å²) in [5.74, 6) is 2.10. The third-order valence-corrected chi connectivity index (χ3v) is 4.85. The number of hydrogen-bond acceptors (Lipinski definition) is 5. The highest BCUT2D eigenvalue weighted by Crippen LogP contribution is 2.26. The van der Waals surface area contributed by atoms with Crippen molar-refractivity contribution < 1.29 is 0 Å². The van der Waals surface area contributed by atoms with E-state index in [-0.39, 0.29) is 0 Å². The van der Waals surface area contributed by atoms with Crippen LogP contribution in [0, 0.1) is 0 Å². The second-order valence-electron chi connectivity index (χ2n) is 6.56. The van der Waals surface area contributed by atoms with Gasteiger partial charge in [-0.2, -0.15) is 9.61 Å². The van der Waals surface area contributed by atoms with Gasteiger partial charge in [-0.05, 0) is 38.5 Å². The maximum Gasteiger partial charge on any atom is 0.159 e. The molecule has 3 heterocycles. The fraction of sp³-hybridized carbons (Fsp3) is 0.625. The van der Waals surface area contributed by atoms with Crippen LogP contribution in [0.1, 0.15) is 38.5 Å². The molecule has 1 saturated heterocycles. The molecule has 0 amide bonds. The van der Waals surface area contributed by atoms with Crippen LogP contribution < -0.4 is 16.0 Å². The average molecular weight is 300 g/mol. The number of fused-ring (bicyclic) bond motifs is 1. The van der Waals surface area contributed by atoms with Gasteiger partial charge in [-0.1, -0.05) is 0 Å². The predicted molar refractivity (Wildman–Crippen MR) is 88.3 cm³/mol. The van der Waals surface area contributed by atoms with Crippen molar-refractivity contribution in [1.82, 2.24) is 14.6 Å². The smallest absolute Gasteiger partial charge is 0.159 e. The number of nitrogens with two attached hydrogens (primary N) is 1. The number of rotatable bonds is 3. The van der Waals surface area contributed by atoms with Gasteiger partial charge in [0.1, 0.15) is 11.6 Å². The van der Waals surface area contributed by atoms with Crippen molar-refractivity contribution in [2.24, 2.45) is 5.73 Å². The first-order chi connectivity index (χ1) is 10.8. The summed E-state index contributed by atoms with van der Waals surface area (Å²) in [5, 5.41) is 8.04. The molecule has 2 aromatic rings. The SMILES string of the molecule is N[C@H]1CC[C@H](Nc2cc(N3CCCCC3)nc3ccnn23)C1. The van der Waals surface area contributed by atoms with Crippen LogP contribution in [0.2, 0.25) is 0 Å². The van der Waals surface area contributed by atoms with Crippen LogP contribution >= 0.6 is 0 Å². The minimum Gasteiger partial charge on any atom is -0.367 e. The summed E-state index contributed by atoms with van der Waals surface area (Å²) < 4.78 is 1.90. The normalized spacial score (nSPS) is 25.8. The first-order valence-corrected chi connectivity index (χ1v) is 8.41. The Kier molecular flexibility index (Phi) is 3.62. The molecule has 2 fully saturated rings. The molecule has 2 atom stereocenters. The molecule has 3 N–H and O–H groups in total. The largest absolute Gasteiger partial charge is 0.367 e. The van der Waals surface area contributed by atoms with Gasteiger partial charge in [0.15, 0.2) is 5.65 Å². The Morgan fingerprint density at radius 3 is 2.82 bits per heavy atom. The zero-order chi connectivity index (χ0) is 14.9. The molecule has 4 rings (SSSR count). The number of piperidine rings is 1. The zero-order valence-corrected chi connectivity index (χ0v) is 12.9. The lowest BCUT2D eigenvalue weighted by Crippen LogP contribution is -2.30. The lowest BCUT2D eigenvalue weighted by Gasteiger charge is -2.28. The van der Waals surface area contributed by atoms with Gasteiger partial charge >= 0.3 is 0 Å². The highest BCUT2D eigenvalue weighted by Gasteiger charge is 2.23. The molecule has 6 heteroatoms. The van der Waals surface area contributed by atoms with Crippen LogP contribution in [-0.2, 0) is 0 Å². The van der Waals surface area contributed by atoms with Gasteiger partial charge in [-0.25, -0.2) is 4.98 Å². The number of nitrogens with one attached hydrogen (secondary N) is 1. The molecule has 1 saturated carbocycles. The number of aromatic nitrogens is 3. The molecule has 0 bridgehead atoms. The Labute approximate surface area is 130 Å². The summed E-state index contributed by atoms with van der Waals surface area (Å²) in [6.45, 7) is 2.20. The van der Waals surface area contributed by atoms with E-state index < -0.39 is 0 Å². The van der Waals surface area contributed by atoms with E-state index in [2.05, 4.69) is 21.4 Å². The van der Waals surface area contributed by atoms with Gasteiger partial charge < -0.3 is 16.0 Å². The molecule has 2 aromatic heterocycles. The second-order valence-corrected chi connectivity index (χ2v) is 6.56. The fourth-order valence-electron chi connectivity index (χ4n) is 3.64. The van der Waals surface area contributed by atoms with E-state index in [1.807, 2.05) is 16.8 Å². The lowest BCUT2D eigenvalue weighted by molar-refractivity contribution is 0.573. The van der Waals surface area contributed by atoms with Crippen LogP contribution in [0.4, 0.5) is 11.6 Å². The Balaban J connectivity index is 1.64. The highest BCUT2D eigenvalue weighted by molar-refractivity contribution is 5.58. The standard InChI is InChI=1S/C16H24N6/c17-12-4-5-13(10-12)19-16-11-15(21-8-2-1-3-9-21)20-14-6-7-18-22(14)16/h6-7,11-13,19H,1-5,8-10,17H2/t12-,13-/m0/s1. The average Bonchev–Trinajstić information content (AvgIpc) is 3.17. The van der Waals surface area contributed by atoms with Gasteiger partial charge in [0.25, 0.3) is 0 Å². The van der Waals surface area contributed by atoms with Crippen molar-refractivity contribution in [1.29, 1.82) is 0 Å². The number of anilines is 2. The molecule has 1 aliphatic heterocycles. The van der Waals surface area contributed by atoms with E-state index in [1.54, 1.807) is 0 Å². The monoisotopic (exact) mass is 300 g/mol. The topological polar surface area (TPSA) is 71.5 Å². The number of hydrogen-bond donors (Lipinski definition) is 2. The molecule has 118 valence electrons. The van der Waals surface area contributed by atoms with Gasteiger partial charge in [0.2, 0.25) is 0 Å². The first kappa shape index (κ1) is 13.8. The van der Waals surface area contributed by atoms with Crippen LogP contribution in [0.5, 0.6) is 0 Å².